The van der Waals surface area contributed by atoms with Crippen LogP contribution in [0.25, 0.3) is 0 Å². The summed E-state index contributed by atoms with van der Waals surface area (Å²) < 4.78 is 5.32. The van der Waals surface area contributed by atoms with Gasteiger partial charge in [0.1, 0.15) is 13.2 Å². The monoisotopic (exact) mass is 518 g/mol. The Balaban J connectivity index is 1.39. The maximum Gasteiger partial charge on any atom is 0.409 e. The molecular weight excluding hydrogens is 484 g/mol. The Morgan fingerprint density at radius 3 is 2.37 bits per heavy atom. The van der Waals surface area contributed by atoms with Crippen molar-refractivity contribution < 1.29 is 24.2 Å². The van der Waals surface area contributed by atoms with Gasteiger partial charge in [-0.05, 0) is 55.6 Å². The maximum atomic E-state index is 13.9. The number of rotatable bonds is 6. The Morgan fingerprint density at radius 1 is 1.03 bits per heavy atom. The van der Waals surface area contributed by atoms with E-state index in [1.54, 1.807) is 6.07 Å². The molecule has 0 spiro atoms. The number of anilines is 1. The zero-order valence-electron chi connectivity index (χ0n) is 21.6. The van der Waals surface area contributed by atoms with E-state index in [0.29, 0.717) is 36.2 Å². The lowest BCUT2D eigenvalue weighted by Gasteiger charge is -2.30. The number of hydrogen-bond acceptors (Lipinski definition) is 6. The molecule has 1 aliphatic carbocycles. The fourth-order valence-electron chi connectivity index (χ4n) is 5.78. The van der Waals surface area contributed by atoms with Crippen molar-refractivity contribution in [3.05, 3.63) is 65.2 Å². The van der Waals surface area contributed by atoms with Crippen molar-refractivity contribution in [2.75, 3.05) is 31.1 Å². The molecule has 2 aromatic rings. The van der Waals surface area contributed by atoms with Gasteiger partial charge in [0.05, 0.1) is 18.0 Å². The predicted molar refractivity (Wildman–Crippen MR) is 143 cm³/mol. The van der Waals surface area contributed by atoms with Gasteiger partial charge >= 0.3 is 6.09 Å². The average molecular weight is 519 g/mol. The number of aliphatic hydroxyl groups is 1. The molecule has 0 radical (unpaired) electrons. The number of benzodiazepines with no additional fused rings is 1. The number of fused-ring (bicyclic) bond motifs is 5. The largest absolute Gasteiger partial charge is 0.445 e. The second-order valence-electron chi connectivity index (χ2n) is 10.4. The zero-order chi connectivity index (χ0) is 26.6. The summed E-state index contributed by atoms with van der Waals surface area (Å²) in [6.07, 6.45) is 2.41. The van der Waals surface area contributed by atoms with Crippen molar-refractivity contribution in [1.82, 2.24) is 10.2 Å². The number of aliphatic hydroxyl groups excluding tert-OH is 1. The van der Waals surface area contributed by atoms with Crippen LogP contribution in [0, 0.1) is 18.8 Å². The molecular formula is C29H34N4O5. The van der Waals surface area contributed by atoms with Crippen LogP contribution in [-0.2, 0) is 20.9 Å². The third kappa shape index (κ3) is 5.57. The van der Waals surface area contributed by atoms with E-state index in [0.717, 1.165) is 36.8 Å². The van der Waals surface area contributed by atoms with Crippen LogP contribution < -0.4 is 10.2 Å². The summed E-state index contributed by atoms with van der Waals surface area (Å²) in [6.45, 7) is 2.71. The molecule has 3 heterocycles. The number of aryl methyl sites for hydroxylation is 1. The number of ether oxygens (including phenoxy) is 1. The fourth-order valence-corrected chi connectivity index (χ4v) is 5.78. The van der Waals surface area contributed by atoms with E-state index in [2.05, 4.69) is 10.3 Å². The van der Waals surface area contributed by atoms with Gasteiger partial charge in [0.15, 0.2) is 0 Å². The Labute approximate surface area is 222 Å². The summed E-state index contributed by atoms with van der Waals surface area (Å²) in [5.74, 6) is 0.338. The van der Waals surface area contributed by atoms with Gasteiger partial charge in [-0.25, -0.2) is 4.79 Å². The van der Waals surface area contributed by atoms with Crippen LogP contribution in [0.5, 0.6) is 0 Å². The maximum absolute atomic E-state index is 13.9. The van der Waals surface area contributed by atoms with Crippen molar-refractivity contribution >= 4 is 29.3 Å². The molecule has 1 atom stereocenters. The van der Waals surface area contributed by atoms with Gasteiger partial charge in [-0.3, -0.25) is 24.8 Å². The zero-order valence-corrected chi connectivity index (χ0v) is 21.6. The van der Waals surface area contributed by atoms with Crippen molar-refractivity contribution in [1.29, 1.82) is 0 Å². The average Bonchev–Trinajstić information content (AvgIpc) is 3.31. The lowest BCUT2D eigenvalue weighted by Crippen LogP contribution is -2.51. The molecule has 6 rings (SSSR count). The molecule has 1 saturated carbocycles. The molecule has 2 N–H and O–H groups in total. The first kappa shape index (κ1) is 25.9. The van der Waals surface area contributed by atoms with Crippen LogP contribution in [0.2, 0.25) is 0 Å². The number of nitrogens with one attached hydrogen (secondary N) is 1. The molecule has 3 aliphatic heterocycles. The minimum atomic E-state index is -1.35. The van der Waals surface area contributed by atoms with E-state index in [-0.39, 0.29) is 24.8 Å². The van der Waals surface area contributed by atoms with Crippen LogP contribution >= 0.6 is 0 Å². The number of alkyl carbamates (subject to hydrolysis) is 1. The quantitative estimate of drug-likeness (QED) is 0.611. The Bertz CT molecular complexity index is 1210. The highest BCUT2D eigenvalue weighted by molar-refractivity contribution is 6.15. The lowest BCUT2D eigenvalue weighted by molar-refractivity contribution is -0.132. The fraction of sp³-hybridized carbons (Fsp3) is 0.448. The molecule has 2 bridgehead atoms. The number of hydrogen-bond donors (Lipinski definition) is 2. The first-order valence-corrected chi connectivity index (χ1v) is 13.3. The summed E-state index contributed by atoms with van der Waals surface area (Å²) in [7, 11) is 0. The number of nitrogens with zero attached hydrogens (tertiary/aromatic N) is 3. The first-order valence-electron chi connectivity index (χ1n) is 13.3. The summed E-state index contributed by atoms with van der Waals surface area (Å²) in [4.78, 5) is 47.8. The highest BCUT2D eigenvalue weighted by atomic mass is 16.5. The molecule has 200 valence electrons. The molecule has 9 heteroatoms. The smallest absolute Gasteiger partial charge is 0.409 e. The second kappa shape index (κ2) is 11.3. The standard InChI is InChI=1S/C29H34N4O5/c1-19-6-5-9-23-24(17-34)30-27(31-29(37)38-18-22-7-3-2-4-8-22)28(36)33(26(19)23)16-25(35)32-14-20-10-11-21(15-32)13-12-20/h2-9,20-21,27,34H,10-18H2,1H3,(H,31,37)/t20?,21?,27-/m1/s1. The molecule has 3 fully saturated rings. The van der Waals surface area contributed by atoms with Crippen molar-refractivity contribution in [2.45, 2.75) is 45.4 Å². The molecule has 9 nitrogen and oxygen atoms in total. The summed E-state index contributed by atoms with van der Waals surface area (Å²) in [6, 6.07) is 14.6. The Morgan fingerprint density at radius 2 is 1.71 bits per heavy atom. The van der Waals surface area contributed by atoms with Gasteiger partial charge in [0.25, 0.3) is 5.91 Å². The minimum absolute atomic E-state index is 0.0307. The van der Waals surface area contributed by atoms with Gasteiger partial charge in [-0.2, -0.15) is 0 Å². The van der Waals surface area contributed by atoms with E-state index in [9.17, 15) is 19.5 Å². The van der Waals surface area contributed by atoms with E-state index in [4.69, 9.17) is 4.74 Å². The first-order chi connectivity index (χ1) is 18.4. The van der Waals surface area contributed by atoms with Crippen molar-refractivity contribution in [2.24, 2.45) is 16.8 Å². The Kier molecular flexibility index (Phi) is 7.74. The second-order valence-corrected chi connectivity index (χ2v) is 10.4. The molecule has 2 aromatic carbocycles. The SMILES string of the molecule is Cc1cccc2c1N(CC(=O)N1CC3CCC(CC3)C1)C(=O)[C@@H](NC(=O)OCc1ccccc1)N=C2CO. The topological polar surface area (TPSA) is 112 Å². The molecule has 2 saturated heterocycles. The van der Waals surface area contributed by atoms with Crippen LogP contribution in [0.3, 0.4) is 0 Å². The van der Waals surface area contributed by atoms with Gasteiger partial charge in [-0.15, -0.1) is 0 Å². The number of para-hydroxylation sites is 1. The van der Waals surface area contributed by atoms with E-state index in [1.165, 1.54) is 4.90 Å². The highest BCUT2D eigenvalue weighted by Crippen LogP contribution is 2.34. The number of carbonyl (C=O) groups is 3. The molecule has 4 aliphatic rings. The van der Waals surface area contributed by atoms with Crippen LogP contribution in [-0.4, -0.2) is 66.0 Å². The number of amides is 3. The number of aliphatic imine (C=N–C) groups is 1. The van der Waals surface area contributed by atoms with Gasteiger partial charge < -0.3 is 14.7 Å². The van der Waals surface area contributed by atoms with Crippen LogP contribution in [0.1, 0.15) is 42.4 Å². The van der Waals surface area contributed by atoms with E-state index in [1.807, 2.05) is 54.3 Å². The lowest BCUT2D eigenvalue weighted by atomic mass is 9.84. The number of carbonyl (C=O) groups excluding carboxylic acids is 3. The third-order valence-electron chi connectivity index (χ3n) is 7.79. The minimum Gasteiger partial charge on any atom is -0.445 e. The predicted octanol–water partition coefficient (Wildman–Crippen LogP) is 3.02. The molecule has 0 aromatic heterocycles. The van der Waals surface area contributed by atoms with E-state index >= 15 is 0 Å². The molecule has 0 unspecified atom stereocenters. The third-order valence-corrected chi connectivity index (χ3v) is 7.79. The summed E-state index contributed by atoms with van der Waals surface area (Å²) in [5, 5.41) is 12.7. The van der Waals surface area contributed by atoms with Crippen LogP contribution in [0.15, 0.2) is 53.5 Å². The normalized spacial score (nSPS) is 22.7. The van der Waals surface area contributed by atoms with Crippen molar-refractivity contribution in [3.63, 3.8) is 0 Å². The summed E-state index contributed by atoms with van der Waals surface area (Å²) in [5.41, 5.74) is 2.92. The van der Waals surface area contributed by atoms with Crippen LogP contribution in [0.4, 0.5) is 10.5 Å². The highest BCUT2D eigenvalue weighted by Gasteiger charge is 2.37. The Hall–Kier alpha value is -3.72. The van der Waals surface area contributed by atoms with E-state index < -0.39 is 24.8 Å². The molecule has 38 heavy (non-hydrogen) atoms. The van der Waals surface area contributed by atoms with Gasteiger partial charge in [0.2, 0.25) is 12.1 Å². The summed E-state index contributed by atoms with van der Waals surface area (Å²) >= 11 is 0. The number of benzene rings is 2. The van der Waals surface area contributed by atoms with Gasteiger partial charge in [0, 0.05) is 18.7 Å². The van der Waals surface area contributed by atoms with Gasteiger partial charge in [-0.1, -0.05) is 48.5 Å². The van der Waals surface area contributed by atoms with Crippen molar-refractivity contribution in [3.8, 4) is 0 Å². The molecule has 3 amide bonds.